The number of carbonyl (C=O) groups excluding carboxylic acids is 1. The first-order valence-electron chi connectivity index (χ1n) is 15.9. The molecule has 2 aliphatic rings. The molecule has 1 aliphatic carbocycles. The fourth-order valence-electron chi connectivity index (χ4n) is 4.81. The zero-order valence-corrected chi connectivity index (χ0v) is 27.1. The summed E-state index contributed by atoms with van der Waals surface area (Å²) in [6.45, 7) is 11.8. The number of hydrogen-bond acceptors (Lipinski definition) is 8. The minimum absolute atomic E-state index is 0.163. The third-order valence-electron chi connectivity index (χ3n) is 7.20. The summed E-state index contributed by atoms with van der Waals surface area (Å²) in [5.41, 5.74) is 0. The number of piperazine rings is 1. The van der Waals surface area contributed by atoms with Crippen LogP contribution >= 0.6 is 11.6 Å². The molecule has 3 rings (SSSR count). The summed E-state index contributed by atoms with van der Waals surface area (Å²) >= 11 is 5.88. The van der Waals surface area contributed by atoms with Crippen molar-refractivity contribution in [1.29, 1.82) is 0 Å². The van der Waals surface area contributed by atoms with E-state index in [0.29, 0.717) is 19.5 Å². The molecule has 0 bridgehead atoms. The molecule has 9 nitrogen and oxygen atoms in total. The molecule has 1 aromatic rings. The van der Waals surface area contributed by atoms with Gasteiger partial charge in [-0.25, -0.2) is 0 Å². The van der Waals surface area contributed by atoms with Crippen molar-refractivity contribution < 1.29 is 24.2 Å². The maximum atomic E-state index is 9.97. The molecule has 0 spiro atoms. The molecule has 1 aromatic carbocycles. The van der Waals surface area contributed by atoms with Crippen molar-refractivity contribution in [3.8, 4) is 5.75 Å². The average Bonchev–Trinajstić information content (AvgIpc) is 3.53. The van der Waals surface area contributed by atoms with Crippen LogP contribution < -0.4 is 4.74 Å². The van der Waals surface area contributed by atoms with E-state index >= 15 is 0 Å². The molecule has 244 valence electrons. The Labute approximate surface area is 264 Å². The summed E-state index contributed by atoms with van der Waals surface area (Å²) in [6.07, 6.45) is 20.9. The lowest BCUT2D eigenvalue weighted by atomic mass is 10.1. The predicted octanol–water partition coefficient (Wildman–Crippen LogP) is 7.37. The highest BCUT2D eigenvalue weighted by Crippen LogP contribution is 2.25. The number of ether oxygens (including phenoxy) is 2. The van der Waals surface area contributed by atoms with E-state index in [1.807, 2.05) is 24.3 Å². The average molecular weight is 624 g/mol. The minimum Gasteiger partial charge on any atom is -0.493 e. The number of carbonyl (C=O) groups is 1. The lowest BCUT2D eigenvalue weighted by Gasteiger charge is -2.34. The first-order chi connectivity index (χ1) is 21.0. The predicted molar refractivity (Wildman–Crippen MR) is 174 cm³/mol. The molecule has 2 fully saturated rings. The molecule has 0 radical (unpaired) electrons. The fourth-order valence-corrected chi connectivity index (χ4v) is 4.99. The molecule has 10 heteroatoms. The number of benzene rings is 1. The minimum atomic E-state index is -0.751. The van der Waals surface area contributed by atoms with Gasteiger partial charge in [0.2, 0.25) is 0 Å². The van der Waals surface area contributed by atoms with E-state index in [9.17, 15) is 14.9 Å². The van der Waals surface area contributed by atoms with Crippen LogP contribution in [0, 0.1) is 16.0 Å². The van der Waals surface area contributed by atoms with Crippen LogP contribution in [0.5, 0.6) is 5.75 Å². The van der Waals surface area contributed by atoms with Crippen LogP contribution in [0.25, 0.3) is 0 Å². The van der Waals surface area contributed by atoms with Gasteiger partial charge in [-0.3, -0.25) is 4.79 Å². The van der Waals surface area contributed by atoms with Crippen molar-refractivity contribution in [2.45, 2.75) is 78.1 Å². The van der Waals surface area contributed by atoms with Crippen molar-refractivity contribution in [3.63, 3.8) is 0 Å². The lowest BCUT2D eigenvalue weighted by molar-refractivity contribution is -0.757. The van der Waals surface area contributed by atoms with Gasteiger partial charge < -0.3 is 24.1 Å². The van der Waals surface area contributed by atoms with Gasteiger partial charge in [-0.1, -0.05) is 74.6 Å². The Hall–Kier alpha value is -2.62. The third-order valence-corrected chi connectivity index (χ3v) is 7.44. The second-order valence-electron chi connectivity index (χ2n) is 10.7. The van der Waals surface area contributed by atoms with E-state index in [-0.39, 0.29) is 6.61 Å². The van der Waals surface area contributed by atoms with Crippen LogP contribution in [0.2, 0.25) is 5.02 Å². The van der Waals surface area contributed by atoms with Crippen LogP contribution in [-0.4, -0.2) is 80.4 Å². The van der Waals surface area contributed by atoms with Crippen LogP contribution in [-0.2, 0) is 14.4 Å². The molecular formula is C33H54ClN3O6. The zero-order chi connectivity index (χ0) is 31.4. The first-order valence-corrected chi connectivity index (χ1v) is 16.3. The van der Waals surface area contributed by atoms with Crippen molar-refractivity contribution in [1.82, 2.24) is 9.80 Å². The Morgan fingerprint density at radius 3 is 2.23 bits per heavy atom. The number of nitrogens with zero attached hydrogens (tertiary/aromatic N) is 3. The second kappa shape index (κ2) is 27.0. The fraction of sp³-hybridized carbons (Fsp3) is 0.667. The van der Waals surface area contributed by atoms with Gasteiger partial charge in [0.15, 0.2) is 0 Å². The lowest BCUT2D eigenvalue weighted by Crippen LogP contribution is -2.47. The van der Waals surface area contributed by atoms with E-state index in [1.165, 1.54) is 44.9 Å². The molecule has 0 aromatic heterocycles. The maximum Gasteiger partial charge on any atom is 0.294 e. The van der Waals surface area contributed by atoms with Crippen molar-refractivity contribution in [2.24, 2.45) is 5.92 Å². The highest BCUT2D eigenvalue weighted by molar-refractivity contribution is 6.30. The number of hydrogen-bond donors (Lipinski definition) is 0. The Kier molecular flexibility index (Phi) is 24.1. The Balaban J connectivity index is 0.000000355. The molecule has 0 amide bonds. The van der Waals surface area contributed by atoms with Crippen LogP contribution in [0.15, 0.2) is 48.6 Å². The van der Waals surface area contributed by atoms with Gasteiger partial charge in [0.1, 0.15) is 5.75 Å². The summed E-state index contributed by atoms with van der Waals surface area (Å²) < 4.78 is 10.3. The Morgan fingerprint density at radius 2 is 1.65 bits per heavy atom. The number of halogens is 1. The zero-order valence-electron chi connectivity index (χ0n) is 26.4. The highest BCUT2D eigenvalue weighted by atomic mass is 35.5. The van der Waals surface area contributed by atoms with E-state index in [1.54, 1.807) is 0 Å². The van der Waals surface area contributed by atoms with Gasteiger partial charge >= 0.3 is 0 Å². The summed E-state index contributed by atoms with van der Waals surface area (Å²) in [5, 5.41) is 9.95. The van der Waals surface area contributed by atoms with Gasteiger partial charge in [0.25, 0.3) is 11.6 Å². The second-order valence-corrected chi connectivity index (χ2v) is 11.1. The Bertz CT molecular complexity index is 887. The quantitative estimate of drug-likeness (QED) is 0.0550. The standard InChI is InChI=1S/C15H19ClO.C11H21N3O5.C7H14/c16-14-9-5-10-15(12-14)17-11-4-3-8-13-6-1-2-7-13;15-11-18-9-1-3-12-5-7-13(8-6-12)4-2-10-19-14(16)17;1-3-5-7-6-4-2/h3,5,8-10,12-13H,1-2,4,6-7,11H2;11H,1-10H2;3,5H,4,6-7H2,1-2H3/b8-3+;;5-3-. The topological polar surface area (TPSA) is 94.4 Å². The van der Waals surface area contributed by atoms with Gasteiger partial charge in [-0.05, 0) is 69.6 Å². The van der Waals surface area contributed by atoms with Crippen molar-refractivity contribution >= 4 is 18.1 Å². The Morgan fingerprint density at radius 1 is 0.977 bits per heavy atom. The first kappa shape index (κ1) is 38.4. The monoisotopic (exact) mass is 623 g/mol. The number of allylic oxidation sites excluding steroid dienone is 3. The molecule has 1 aliphatic heterocycles. The third kappa shape index (κ3) is 22.6. The smallest absolute Gasteiger partial charge is 0.294 e. The molecule has 0 unspecified atom stereocenters. The van der Waals surface area contributed by atoms with Crippen molar-refractivity contribution in [3.05, 3.63) is 63.7 Å². The largest absolute Gasteiger partial charge is 0.493 e. The summed E-state index contributed by atoms with van der Waals surface area (Å²) in [5.74, 6) is 1.67. The molecule has 0 N–H and O–H groups in total. The molecule has 1 heterocycles. The van der Waals surface area contributed by atoms with E-state index < -0.39 is 5.09 Å². The van der Waals surface area contributed by atoms with Crippen LogP contribution in [0.4, 0.5) is 0 Å². The molecule has 0 atom stereocenters. The summed E-state index contributed by atoms with van der Waals surface area (Å²) in [6, 6.07) is 7.55. The molecule has 1 saturated heterocycles. The highest BCUT2D eigenvalue weighted by Gasteiger charge is 2.16. The van der Waals surface area contributed by atoms with Crippen LogP contribution in [0.1, 0.15) is 78.1 Å². The normalized spacial score (nSPS) is 15.9. The number of unbranched alkanes of at least 4 members (excludes halogenated alkanes) is 2. The maximum absolute atomic E-state index is 9.97. The SMILES string of the molecule is C/C=C\CCCC.Clc1cccc(OCC/C=C/C2CCCC2)c1.O=COCCCN1CCN(CCCO[N+](=O)[O-])CC1. The summed E-state index contributed by atoms with van der Waals surface area (Å²) in [4.78, 5) is 28.8. The number of rotatable bonds is 18. The van der Waals surface area contributed by atoms with Gasteiger partial charge in [-0.2, -0.15) is 0 Å². The van der Waals surface area contributed by atoms with E-state index in [4.69, 9.17) is 16.3 Å². The molecule has 43 heavy (non-hydrogen) atoms. The molecule has 1 saturated carbocycles. The van der Waals surface area contributed by atoms with E-state index in [0.717, 1.165) is 75.4 Å². The van der Waals surface area contributed by atoms with E-state index in [2.05, 4.69) is 57.5 Å². The van der Waals surface area contributed by atoms with Crippen molar-refractivity contribution in [2.75, 3.05) is 59.1 Å². The van der Waals surface area contributed by atoms with Crippen LogP contribution in [0.3, 0.4) is 0 Å². The summed E-state index contributed by atoms with van der Waals surface area (Å²) in [7, 11) is 0. The van der Waals surface area contributed by atoms with Gasteiger partial charge in [-0.15, -0.1) is 10.1 Å². The van der Waals surface area contributed by atoms with Gasteiger partial charge in [0, 0.05) is 44.3 Å². The molecular weight excluding hydrogens is 570 g/mol. The van der Waals surface area contributed by atoms with Gasteiger partial charge in [0.05, 0.1) is 19.8 Å².